The fraction of sp³-hybridized carbons (Fsp3) is 0.0667. The number of halogens is 1. The van der Waals surface area contributed by atoms with Crippen molar-refractivity contribution in [1.29, 1.82) is 0 Å². The molecule has 0 atom stereocenters. The van der Waals surface area contributed by atoms with E-state index in [1.54, 1.807) is 24.3 Å². The minimum absolute atomic E-state index is 0.148. The summed E-state index contributed by atoms with van der Waals surface area (Å²) in [4.78, 5) is 25.5. The number of hydrogen-bond acceptors (Lipinski definition) is 3. The zero-order valence-corrected chi connectivity index (χ0v) is 12.1. The maximum atomic E-state index is 12.2. The minimum atomic E-state index is -0.259. The molecule has 2 aromatic rings. The topological polar surface area (TPSA) is 49.4 Å². The van der Waals surface area contributed by atoms with Gasteiger partial charge in [-0.15, -0.1) is 0 Å². The molecule has 1 heterocycles. The molecule has 0 spiro atoms. The molecule has 2 amide bonds. The molecule has 0 aromatic heterocycles. The molecule has 1 aliphatic heterocycles. The SMILES string of the molecule is O=C1c2ccccc2C(=O)N1CNc1ccccc1Br. The van der Waals surface area contributed by atoms with Crippen molar-refractivity contribution in [2.45, 2.75) is 0 Å². The van der Waals surface area contributed by atoms with E-state index in [1.165, 1.54) is 4.90 Å². The van der Waals surface area contributed by atoms with Crippen molar-refractivity contribution in [2.24, 2.45) is 0 Å². The molecule has 0 aliphatic carbocycles. The number of rotatable bonds is 3. The maximum Gasteiger partial charge on any atom is 0.263 e. The summed E-state index contributed by atoms with van der Waals surface area (Å²) in [5, 5.41) is 3.09. The number of fused-ring (bicyclic) bond motifs is 1. The van der Waals surface area contributed by atoms with Gasteiger partial charge in [-0.25, -0.2) is 0 Å². The lowest BCUT2D eigenvalue weighted by Gasteiger charge is -2.16. The Balaban J connectivity index is 1.79. The summed E-state index contributed by atoms with van der Waals surface area (Å²) in [6, 6.07) is 14.4. The highest BCUT2D eigenvalue weighted by Gasteiger charge is 2.34. The van der Waals surface area contributed by atoms with Gasteiger partial charge in [-0.3, -0.25) is 14.5 Å². The number of anilines is 1. The van der Waals surface area contributed by atoms with Crippen molar-refractivity contribution < 1.29 is 9.59 Å². The van der Waals surface area contributed by atoms with Crippen LogP contribution < -0.4 is 5.32 Å². The van der Waals surface area contributed by atoms with E-state index < -0.39 is 0 Å². The van der Waals surface area contributed by atoms with E-state index >= 15 is 0 Å². The van der Waals surface area contributed by atoms with Crippen LogP contribution in [0.25, 0.3) is 0 Å². The number of imide groups is 1. The van der Waals surface area contributed by atoms with Crippen LogP contribution in [0.15, 0.2) is 53.0 Å². The van der Waals surface area contributed by atoms with Crippen molar-refractivity contribution >= 4 is 33.4 Å². The molecular weight excluding hydrogens is 320 g/mol. The van der Waals surface area contributed by atoms with Gasteiger partial charge in [0.2, 0.25) is 0 Å². The van der Waals surface area contributed by atoms with E-state index in [0.717, 1.165) is 10.2 Å². The summed E-state index contributed by atoms with van der Waals surface area (Å²) in [6.45, 7) is 0.148. The second-order valence-corrected chi connectivity index (χ2v) is 5.25. The molecule has 2 aromatic carbocycles. The van der Waals surface area contributed by atoms with E-state index in [9.17, 15) is 9.59 Å². The molecule has 5 heteroatoms. The number of amides is 2. The van der Waals surface area contributed by atoms with Crippen molar-refractivity contribution in [3.05, 3.63) is 64.1 Å². The third-order valence-electron chi connectivity index (χ3n) is 3.18. The van der Waals surface area contributed by atoms with Gasteiger partial charge < -0.3 is 5.32 Å². The molecule has 1 N–H and O–H groups in total. The maximum absolute atomic E-state index is 12.2. The zero-order chi connectivity index (χ0) is 14.1. The quantitative estimate of drug-likeness (QED) is 0.879. The summed E-state index contributed by atoms with van der Waals surface area (Å²) < 4.78 is 0.886. The highest BCUT2D eigenvalue weighted by atomic mass is 79.9. The van der Waals surface area contributed by atoms with Gasteiger partial charge in [-0.2, -0.15) is 0 Å². The number of carbonyl (C=O) groups is 2. The van der Waals surface area contributed by atoms with Crippen molar-refractivity contribution in [2.75, 3.05) is 12.0 Å². The second-order valence-electron chi connectivity index (χ2n) is 4.40. The summed E-state index contributed by atoms with van der Waals surface area (Å²) >= 11 is 3.41. The Morgan fingerprint density at radius 1 is 0.900 bits per heavy atom. The van der Waals surface area contributed by atoms with Crippen LogP contribution in [0.5, 0.6) is 0 Å². The third kappa shape index (κ3) is 2.10. The van der Waals surface area contributed by atoms with Gasteiger partial charge in [-0.1, -0.05) is 24.3 Å². The molecule has 0 saturated carbocycles. The van der Waals surface area contributed by atoms with E-state index in [2.05, 4.69) is 21.2 Å². The van der Waals surface area contributed by atoms with Crippen LogP contribution in [0.2, 0.25) is 0 Å². The van der Waals surface area contributed by atoms with Gasteiger partial charge in [0.15, 0.2) is 0 Å². The Kier molecular flexibility index (Phi) is 3.28. The Morgan fingerprint density at radius 3 is 2.05 bits per heavy atom. The van der Waals surface area contributed by atoms with E-state index in [4.69, 9.17) is 0 Å². The van der Waals surface area contributed by atoms with E-state index in [0.29, 0.717) is 11.1 Å². The second kappa shape index (κ2) is 5.09. The van der Waals surface area contributed by atoms with Crippen LogP contribution in [0.1, 0.15) is 20.7 Å². The number of benzene rings is 2. The van der Waals surface area contributed by atoms with Gasteiger partial charge in [-0.05, 0) is 40.2 Å². The monoisotopic (exact) mass is 330 g/mol. The molecule has 0 saturated heterocycles. The first-order valence-corrected chi connectivity index (χ1v) is 6.91. The van der Waals surface area contributed by atoms with Crippen molar-refractivity contribution in [1.82, 2.24) is 4.90 Å². The standard InChI is InChI=1S/C15H11BrN2O2/c16-12-7-3-4-8-13(12)17-9-18-14(19)10-5-1-2-6-11(10)15(18)20/h1-8,17H,9H2. The molecular formula is C15H11BrN2O2. The Labute approximate surface area is 124 Å². The lowest BCUT2D eigenvalue weighted by Crippen LogP contribution is -2.34. The highest BCUT2D eigenvalue weighted by Crippen LogP contribution is 2.24. The van der Waals surface area contributed by atoms with Crippen LogP contribution in [-0.4, -0.2) is 23.4 Å². The van der Waals surface area contributed by atoms with Crippen LogP contribution in [0.3, 0.4) is 0 Å². The van der Waals surface area contributed by atoms with E-state index in [-0.39, 0.29) is 18.5 Å². The van der Waals surface area contributed by atoms with E-state index in [1.807, 2.05) is 24.3 Å². The molecule has 3 rings (SSSR count). The summed E-state index contributed by atoms with van der Waals surface area (Å²) in [5.41, 5.74) is 1.77. The van der Waals surface area contributed by atoms with Gasteiger partial charge in [0.05, 0.1) is 17.8 Å². The normalized spacial score (nSPS) is 13.6. The zero-order valence-electron chi connectivity index (χ0n) is 10.5. The van der Waals surface area contributed by atoms with Crippen LogP contribution in [0, 0.1) is 0 Å². The van der Waals surface area contributed by atoms with Gasteiger partial charge >= 0.3 is 0 Å². The fourth-order valence-electron chi connectivity index (χ4n) is 2.15. The van der Waals surface area contributed by atoms with Crippen molar-refractivity contribution in [3.63, 3.8) is 0 Å². The average Bonchev–Trinajstić information content (AvgIpc) is 2.71. The first-order valence-electron chi connectivity index (χ1n) is 6.12. The molecule has 0 fully saturated rings. The van der Waals surface area contributed by atoms with Crippen LogP contribution in [0.4, 0.5) is 5.69 Å². The van der Waals surface area contributed by atoms with Gasteiger partial charge in [0.25, 0.3) is 11.8 Å². The lowest BCUT2D eigenvalue weighted by atomic mass is 10.1. The number of carbonyl (C=O) groups excluding carboxylic acids is 2. The highest BCUT2D eigenvalue weighted by molar-refractivity contribution is 9.10. The minimum Gasteiger partial charge on any atom is -0.366 e. The largest absolute Gasteiger partial charge is 0.366 e. The number of nitrogens with one attached hydrogen (secondary N) is 1. The van der Waals surface area contributed by atoms with Crippen molar-refractivity contribution in [3.8, 4) is 0 Å². The number of nitrogens with zero attached hydrogens (tertiary/aromatic N) is 1. The first kappa shape index (κ1) is 12.9. The predicted molar refractivity (Wildman–Crippen MR) is 79.6 cm³/mol. The molecule has 0 radical (unpaired) electrons. The smallest absolute Gasteiger partial charge is 0.263 e. The Morgan fingerprint density at radius 2 is 1.45 bits per heavy atom. The molecule has 4 nitrogen and oxygen atoms in total. The molecule has 1 aliphatic rings. The third-order valence-corrected chi connectivity index (χ3v) is 3.87. The Bertz CT molecular complexity index is 665. The summed E-state index contributed by atoms with van der Waals surface area (Å²) in [7, 11) is 0. The first-order chi connectivity index (χ1) is 9.68. The number of hydrogen-bond donors (Lipinski definition) is 1. The summed E-state index contributed by atoms with van der Waals surface area (Å²) in [6.07, 6.45) is 0. The van der Waals surface area contributed by atoms with Crippen LogP contribution >= 0.6 is 15.9 Å². The fourth-order valence-corrected chi connectivity index (χ4v) is 2.58. The molecule has 100 valence electrons. The average molecular weight is 331 g/mol. The van der Waals surface area contributed by atoms with Crippen LogP contribution in [-0.2, 0) is 0 Å². The number of para-hydroxylation sites is 1. The summed E-state index contributed by atoms with van der Waals surface area (Å²) in [5.74, 6) is -0.518. The molecule has 20 heavy (non-hydrogen) atoms. The Hall–Kier alpha value is -2.14. The van der Waals surface area contributed by atoms with Gasteiger partial charge in [0.1, 0.15) is 0 Å². The molecule has 0 unspecified atom stereocenters. The predicted octanol–water partition coefficient (Wildman–Crippen LogP) is 3.11. The van der Waals surface area contributed by atoms with Gasteiger partial charge in [0, 0.05) is 10.2 Å². The molecule has 0 bridgehead atoms. The lowest BCUT2D eigenvalue weighted by molar-refractivity contribution is 0.0666.